The standard InChI is InChI=1S/C19H32N4S.HI/c1-4-6-7-12-21-19(20-5-2)22-15-16-10-8-13-23(3)18(16)17-11-9-14-24-17;/h4,6,9,11,14,16,18H,5,7-8,10,12-13,15H2,1-3H3,(H2,20,21,22);1H. The van der Waals surface area contributed by atoms with Crippen LogP contribution in [0.1, 0.15) is 44.0 Å². The van der Waals surface area contributed by atoms with Crippen molar-refractivity contribution in [3.63, 3.8) is 0 Å². The van der Waals surface area contributed by atoms with Gasteiger partial charge in [0, 0.05) is 30.6 Å². The molecule has 2 heterocycles. The molecule has 4 nitrogen and oxygen atoms in total. The topological polar surface area (TPSA) is 39.7 Å². The molecule has 0 saturated carbocycles. The lowest BCUT2D eigenvalue weighted by atomic mass is 9.88. The Hall–Kier alpha value is -0.600. The van der Waals surface area contributed by atoms with Gasteiger partial charge in [0.05, 0.1) is 0 Å². The van der Waals surface area contributed by atoms with Crippen molar-refractivity contribution in [3.8, 4) is 0 Å². The second-order valence-corrected chi connectivity index (χ2v) is 7.33. The lowest BCUT2D eigenvalue weighted by Crippen LogP contribution is -2.40. The van der Waals surface area contributed by atoms with Gasteiger partial charge in [-0.2, -0.15) is 0 Å². The van der Waals surface area contributed by atoms with Crippen molar-refractivity contribution in [2.24, 2.45) is 10.9 Å². The molecule has 0 aromatic carbocycles. The highest BCUT2D eigenvalue weighted by Gasteiger charge is 2.30. The van der Waals surface area contributed by atoms with E-state index in [1.807, 2.05) is 11.3 Å². The smallest absolute Gasteiger partial charge is 0.191 e. The lowest BCUT2D eigenvalue weighted by molar-refractivity contribution is 0.128. The van der Waals surface area contributed by atoms with Crippen molar-refractivity contribution >= 4 is 41.3 Å². The molecule has 2 unspecified atom stereocenters. The number of aliphatic imine (C=N–C) groups is 1. The van der Waals surface area contributed by atoms with Gasteiger partial charge < -0.3 is 10.6 Å². The summed E-state index contributed by atoms with van der Waals surface area (Å²) in [5, 5.41) is 8.98. The van der Waals surface area contributed by atoms with Crippen molar-refractivity contribution in [2.75, 3.05) is 33.2 Å². The number of halogens is 1. The molecule has 1 aromatic heterocycles. The van der Waals surface area contributed by atoms with Crippen LogP contribution in [0.3, 0.4) is 0 Å². The molecule has 2 rings (SSSR count). The normalized spacial score (nSPS) is 22.0. The van der Waals surface area contributed by atoms with Crippen molar-refractivity contribution in [1.82, 2.24) is 15.5 Å². The highest BCUT2D eigenvalue weighted by Crippen LogP contribution is 2.37. The van der Waals surface area contributed by atoms with E-state index >= 15 is 0 Å². The fourth-order valence-corrected chi connectivity index (χ4v) is 4.33. The summed E-state index contributed by atoms with van der Waals surface area (Å²) in [4.78, 5) is 8.85. The van der Waals surface area contributed by atoms with Crippen LogP contribution in [0, 0.1) is 5.92 Å². The molecule has 0 aliphatic carbocycles. The van der Waals surface area contributed by atoms with Gasteiger partial charge in [0.2, 0.25) is 0 Å². The number of nitrogens with one attached hydrogen (secondary N) is 2. The number of piperidine rings is 1. The first kappa shape index (κ1) is 22.4. The largest absolute Gasteiger partial charge is 0.357 e. The molecule has 1 saturated heterocycles. The molecule has 2 N–H and O–H groups in total. The first-order valence-electron chi connectivity index (χ1n) is 9.13. The number of guanidine groups is 1. The van der Waals surface area contributed by atoms with Gasteiger partial charge in [-0.05, 0) is 64.1 Å². The summed E-state index contributed by atoms with van der Waals surface area (Å²) >= 11 is 1.87. The Morgan fingerprint density at radius 3 is 2.96 bits per heavy atom. The molecular formula is C19H33IN4S. The summed E-state index contributed by atoms with van der Waals surface area (Å²) in [6.07, 6.45) is 7.83. The van der Waals surface area contributed by atoms with Crippen LogP contribution in [-0.4, -0.2) is 44.1 Å². The van der Waals surface area contributed by atoms with E-state index in [1.54, 1.807) is 0 Å². The van der Waals surface area contributed by atoms with E-state index in [0.717, 1.165) is 32.0 Å². The van der Waals surface area contributed by atoms with Crippen LogP contribution in [0.2, 0.25) is 0 Å². The molecule has 0 radical (unpaired) electrons. The Bertz CT molecular complexity index is 516. The average molecular weight is 476 g/mol. The number of thiophene rings is 1. The van der Waals surface area contributed by atoms with E-state index in [-0.39, 0.29) is 24.0 Å². The molecule has 1 aliphatic rings. The van der Waals surface area contributed by atoms with Crippen LogP contribution in [0.4, 0.5) is 0 Å². The van der Waals surface area contributed by atoms with Crippen LogP contribution < -0.4 is 10.6 Å². The summed E-state index contributed by atoms with van der Waals surface area (Å²) in [6, 6.07) is 4.94. The second kappa shape index (κ2) is 12.7. The summed E-state index contributed by atoms with van der Waals surface area (Å²) in [7, 11) is 2.25. The van der Waals surface area contributed by atoms with E-state index in [0.29, 0.717) is 12.0 Å². The average Bonchev–Trinajstić information content (AvgIpc) is 3.10. The molecule has 0 bridgehead atoms. The first-order chi connectivity index (χ1) is 11.8. The predicted octanol–water partition coefficient (Wildman–Crippen LogP) is 4.27. The molecule has 1 fully saturated rings. The Morgan fingerprint density at radius 1 is 1.44 bits per heavy atom. The zero-order valence-electron chi connectivity index (χ0n) is 15.7. The van der Waals surface area contributed by atoms with Gasteiger partial charge >= 0.3 is 0 Å². The maximum atomic E-state index is 4.88. The number of allylic oxidation sites excluding steroid dienone is 1. The minimum atomic E-state index is 0. The summed E-state index contributed by atoms with van der Waals surface area (Å²) in [5.74, 6) is 1.54. The summed E-state index contributed by atoms with van der Waals surface area (Å²) in [5.41, 5.74) is 0. The number of hydrogen-bond donors (Lipinski definition) is 2. The molecule has 1 aliphatic heterocycles. The zero-order valence-corrected chi connectivity index (χ0v) is 18.8. The second-order valence-electron chi connectivity index (χ2n) is 6.35. The van der Waals surface area contributed by atoms with Gasteiger partial charge in [-0.1, -0.05) is 18.2 Å². The first-order valence-corrected chi connectivity index (χ1v) is 10.0. The van der Waals surface area contributed by atoms with E-state index in [9.17, 15) is 0 Å². The minimum absolute atomic E-state index is 0. The van der Waals surface area contributed by atoms with Gasteiger partial charge in [-0.25, -0.2) is 0 Å². The van der Waals surface area contributed by atoms with Crippen LogP contribution in [0.5, 0.6) is 0 Å². The van der Waals surface area contributed by atoms with Gasteiger partial charge in [-0.3, -0.25) is 9.89 Å². The third kappa shape index (κ3) is 7.27. The van der Waals surface area contributed by atoms with Crippen molar-refractivity contribution in [1.29, 1.82) is 0 Å². The van der Waals surface area contributed by atoms with Crippen LogP contribution in [0.25, 0.3) is 0 Å². The van der Waals surface area contributed by atoms with Gasteiger partial charge in [-0.15, -0.1) is 35.3 Å². The minimum Gasteiger partial charge on any atom is -0.357 e. The molecule has 25 heavy (non-hydrogen) atoms. The SMILES string of the molecule is CC=CCCNC(=NCC1CCCN(C)C1c1cccs1)NCC.I. The Labute approximate surface area is 174 Å². The molecule has 0 amide bonds. The molecule has 2 atom stereocenters. The van der Waals surface area contributed by atoms with Gasteiger partial charge in [0.25, 0.3) is 0 Å². The van der Waals surface area contributed by atoms with Gasteiger partial charge in [0.15, 0.2) is 5.96 Å². The summed E-state index contributed by atoms with van der Waals surface area (Å²) < 4.78 is 0. The van der Waals surface area contributed by atoms with Crippen LogP contribution in [0.15, 0.2) is 34.7 Å². The maximum Gasteiger partial charge on any atom is 0.191 e. The van der Waals surface area contributed by atoms with Crippen molar-refractivity contribution < 1.29 is 0 Å². The van der Waals surface area contributed by atoms with Crippen molar-refractivity contribution in [3.05, 3.63) is 34.5 Å². The fraction of sp³-hybridized carbons (Fsp3) is 0.632. The Kier molecular flexibility index (Phi) is 11.4. The number of nitrogens with zero attached hydrogens (tertiary/aromatic N) is 2. The van der Waals surface area contributed by atoms with E-state index < -0.39 is 0 Å². The van der Waals surface area contributed by atoms with E-state index in [1.165, 1.54) is 24.3 Å². The summed E-state index contributed by atoms with van der Waals surface area (Å²) in [6.45, 7) is 8.06. The van der Waals surface area contributed by atoms with Crippen LogP contribution in [-0.2, 0) is 0 Å². The number of hydrogen-bond acceptors (Lipinski definition) is 3. The van der Waals surface area contributed by atoms with Crippen LogP contribution >= 0.6 is 35.3 Å². The maximum absolute atomic E-state index is 4.88. The van der Waals surface area contributed by atoms with E-state index in [2.05, 4.69) is 66.1 Å². The third-order valence-corrected chi connectivity index (χ3v) is 5.45. The highest BCUT2D eigenvalue weighted by atomic mass is 127. The van der Waals surface area contributed by atoms with E-state index in [4.69, 9.17) is 4.99 Å². The number of rotatable bonds is 7. The quantitative estimate of drug-likeness (QED) is 0.203. The molecular weight excluding hydrogens is 443 g/mol. The third-order valence-electron chi connectivity index (χ3n) is 4.51. The molecule has 142 valence electrons. The predicted molar refractivity (Wildman–Crippen MR) is 121 cm³/mol. The van der Waals surface area contributed by atoms with Crippen molar-refractivity contribution in [2.45, 2.75) is 39.2 Å². The Morgan fingerprint density at radius 2 is 2.28 bits per heavy atom. The molecule has 1 aromatic rings. The Balaban J connectivity index is 0.00000312. The highest BCUT2D eigenvalue weighted by molar-refractivity contribution is 14.0. The molecule has 0 spiro atoms. The molecule has 6 heteroatoms. The number of likely N-dealkylation sites (tertiary alicyclic amines) is 1. The fourth-order valence-electron chi connectivity index (χ4n) is 3.35. The zero-order chi connectivity index (χ0) is 17.2. The van der Waals surface area contributed by atoms with Gasteiger partial charge in [0.1, 0.15) is 0 Å². The lowest BCUT2D eigenvalue weighted by Gasteiger charge is -2.38. The monoisotopic (exact) mass is 476 g/mol.